The van der Waals surface area contributed by atoms with Crippen molar-refractivity contribution in [2.24, 2.45) is 0 Å². The average molecular weight is 301 g/mol. The van der Waals surface area contributed by atoms with Gasteiger partial charge in [-0.05, 0) is 0 Å². The SMILES string of the molecule is CN(C)C(=O)CCP(=O)(c1ccccc1)c1ccccc1. The molecule has 3 nitrogen and oxygen atoms in total. The van der Waals surface area contributed by atoms with Crippen molar-refractivity contribution in [3.63, 3.8) is 0 Å². The van der Waals surface area contributed by atoms with Crippen molar-refractivity contribution in [3.8, 4) is 0 Å². The van der Waals surface area contributed by atoms with E-state index in [1.807, 2.05) is 60.7 Å². The quantitative estimate of drug-likeness (QED) is 0.796. The van der Waals surface area contributed by atoms with Gasteiger partial charge in [-0.2, -0.15) is 0 Å². The van der Waals surface area contributed by atoms with E-state index in [9.17, 15) is 9.36 Å². The molecule has 0 fully saturated rings. The minimum Gasteiger partial charge on any atom is -0.349 e. The van der Waals surface area contributed by atoms with Gasteiger partial charge in [0.1, 0.15) is 7.14 Å². The Hall–Kier alpha value is -1.86. The molecule has 0 aromatic heterocycles. The van der Waals surface area contributed by atoms with Crippen molar-refractivity contribution in [1.29, 1.82) is 0 Å². The molecule has 0 spiro atoms. The maximum atomic E-state index is 13.6. The summed E-state index contributed by atoms with van der Waals surface area (Å²) >= 11 is 0. The second kappa shape index (κ2) is 6.73. The predicted molar refractivity (Wildman–Crippen MR) is 87.9 cm³/mol. The number of rotatable bonds is 5. The Morgan fingerprint density at radius 2 is 1.33 bits per heavy atom. The lowest BCUT2D eigenvalue weighted by atomic mass is 10.4. The van der Waals surface area contributed by atoms with Crippen LogP contribution in [-0.4, -0.2) is 31.1 Å². The van der Waals surface area contributed by atoms with E-state index in [-0.39, 0.29) is 12.3 Å². The monoisotopic (exact) mass is 301 g/mol. The first-order valence-electron chi connectivity index (χ1n) is 6.94. The third kappa shape index (κ3) is 3.62. The van der Waals surface area contributed by atoms with Gasteiger partial charge in [0.05, 0.1) is 0 Å². The number of amides is 1. The summed E-state index contributed by atoms with van der Waals surface area (Å²) in [6.45, 7) is 0. The highest BCUT2D eigenvalue weighted by atomic mass is 31.2. The molecule has 0 N–H and O–H groups in total. The maximum Gasteiger partial charge on any atom is 0.222 e. The molecular formula is C17H20NO2P. The second-order valence-corrected chi connectivity index (χ2v) is 8.13. The molecule has 0 unspecified atom stereocenters. The molecule has 0 aliphatic heterocycles. The van der Waals surface area contributed by atoms with E-state index >= 15 is 0 Å². The van der Waals surface area contributed by atoms with Gasteiger partial charge in [0, 0.05) is 37.3 Å². The van der Waals surface area contributed by atoms with Crippen LogP contribution in [0, 0.1) is 0 Å². The minimum atomic E-state index is -2.77. The second-order valence-electron chi connectivity index (χ2n) is 5.17. The summed E-state index contributed by atoms with van der Waals surface area (Å²) in [4.78, 5) is 13.4. The largest absolute Gasteiger partial charge is 0.349 e. The van der Waals surface area contributed by atoms with E-state index in [0.717, 1.165) is 10.6 Å². The van der Waals surface area contributed by atoms with Crippen molar-refractivity contribution in [1.82, 2.24) is 4.90 Å². The smallest absolute Gasteiger partial charge is 0.222 e. The van der Waals surface area contributed by atoms with Crippen LogP contribution in [-0.2, 0) is 9.36 Å². The van der Waals surface area contributed by atoms with Gasteiger partial charge in [-0.3, -0.25) is 4.79 Å². The Morgan fingerprint density at radius 1 is 0.905 bits per heavy atom. The summed E-state index contributed by atoms with van der Waals surface area (Å²) in [6, 6.07) is 18.9. The number of carbonyl (C=O) groups is 1. The normalized spacial score (nSPS) is 11.1. The van der Waals surface area contributed by atoms with Gasteiger partial charge in [0.25, 0.3) is 0 Å². The van der Waals surface area contributed by atoms with Gasteiger partial charge in [-0.25, -0.2) is 0 Å². The molecule has 0 saturated heterocycles. The summed E-state index contributed by atoms with van der Waals surface area (Å²) < 4.78 is 13.6. The molecule has 0 atom stereocenters. The fourth-order valence-electron chi connectivity index (χ4n) is 2.22. The van der Waals surface area contributed by atoms with E-state index in [2.05, 4.69) is 0 Å². The van der Waals surface area contributed by atoms with Crippen LogP contribution >= 0.6 is 7.14 Å². The third-order valence-electron chi connectivity index (χ3n) is 3.49. The van der Waals surface area contributed by atoms with Crippen molar-refractivity contribution in [2.45, 2.75) is 6.42 Å². The Kier molecular flexibility index (Phi) is 4.98. The van der Waals surface area contributed by atoms with Crippen LogP contribution in [0.15, 0.2) is 60.7 Å². The average Bonchev–Trinajstić information content (AvgIpc) is 2.53. The lowest BCUT2D eigenvalue weighted by Crippen LogP contribution is -2.25. The molecule has 2 aromatic carbocycles. The highest BCUT2D eigenvalue weighted by Crippen LogP contribution is 2.43. The highest BCUT2D eigenvalue weighted by molar-refractivity contribution is 7.78. The molecule has 21 heavy (non-hydrogen) atoms. The molecule has 0 aliphatic rings. The van der Waals surface area contributed by atoms with Crippen molar-refractivity contribution in [2.75, 3.05) is 20.3 Å². The molecule has 0 aliphatic carbocycles. The Balaban J connectivity index is 2.36. The number of nitrogens with zero attached hydrogens (tertiary/aromatic N) is 1. The zero-order chi connectivity index (χ0) is 15.3. The van der Waals surface area contributed by atoms with Gasteiger partial charge in [0.15, 0.2) is 0 Å². The zero-order valence-corrected chi connectivity index (χ0v) is 13.3. The number of hydrogen-bond acceptors (Lipinski definition) is 2. The highest BCUT2D eigenvalue weighted by Gasteiger charge is 2.27. The minimum absolute atomic E-state index is 0.00193. The fourth-order valence-corrected chi connectivity index (χ4v) is 4.85. The first kappa shape index (κ1) is 15.5. The maximum absolute atomic E-state index is 13.6. The first-order valence-corrected chi connectivity index (χ1v) is 8.84. The number of carbonyl (C=O) groups excluding carboxylic acids is 1. The van der Waals surface area contributed by atoms with Crippen LogP contribution in [0.3, 0.4) is 0 Å². The number of hydrogen-bond donors (Lipinski definition) is 0. The fraction of sp³-hybridized carbons (Fsp3) is 0.235. The van der Waals surface area contributed by atoms with E-state index in [1.165, 1.54) is 0 Å². The Labute approximate surface area is 126 Å². The van der Waals surface area contributed by atoms with Crippen LogP contribution in [0.4, 0.5) is 0 Å². The molecule has 0 saturated carbocycles. The van der Waals surface area contributed by atoms with Crippen LogP contribution < -0.4 is 10.6 Å². The summed E-state index contributed by atoms with van der Waals surface area (Å²) in [7, 11) is 0.676. The van der Waals surface area contributed by atoms with Crippen LogP contribution in [0.25, 0.3) is 0 Å². The summed E-state index contributed by atoms with van der Waals surface area (Å²) in [5.74, 6) is 0.00193. The Bertz CT molecular complexity index is 595. The summed E-state index contributed by atoms with van der Waals surface area (Å²) in [6.07, 6.45) is 0.645. The molecule has 110 valence electrons. The lowest BCUT2D eigenvalue weighted by Gasteiger charge is -2.20. The van der Waals surface area contributed by atoms with Crippen molar-refractivity contribution < 1.29 is 9.36 Å². The summed E-state index contributed by atoms with van der Waals surface area (Å²) in [5.41, 5.74) is 0. The van der Waals surface area contributed by atoms with Gasteiger partial charge in [-0.15, -0.1) is 0 Å². The van der Waals surface area contributed by atoms with Crippen LogP contribution in [0.5, 0.6) is 0 Å². The van der Waals surface area contributed by atoms with E-state index < -0.39 is 7.14 Å². The molecule has 0 heterocycles. The standard InChI is InChI=1S/C17H20NO2P/c1-18(2)17(19)13-14-21(20,15-9-5-3-6-10-15)16-11-7-4-8-12-16/h3-12H,13-14H2,1-2H3. The zero-order valence-electron chi connectivity index (χ0n) is 12.4. The van der Waals surface area contributed by atoms with E-state index in [4.69, 9.17) is 0 Å². The first-order chi connectivity index (χ1) is 10.0. The number of benzene rings is 2. The molecule has 1 amide bonds. The predicted octanol–water partition coefficient (Wildman–Crippen LogP) is 2.48. The van der Waals surface area contributed by atoms with Gasteiger partial charge < -0.3 is 9.46 Å². The Morgan fingerprint density at radius 3 is 1.71 bits per heavy atom. The van der Waals surface area contributed by atoms with E-state index in [0.29, 0.717) is 6.16 Å². The molecular weight excluding hydrogens is 281 g/mol. The molecule has 4 heteroatoms. The van der Waals surface area contributed by atoms with Crippen LogP contribution in [0.1, 0.15) is 6.42 Å². The van der Waals surface area contributed by atoms with Crippen molar-refractivity contribution in [3.05, 3.63) is 60.7 Å². The molecule has 2 aromatic rings. The van der Waals surface area contributed by atoms with Crippen molar-refractivity contribution >= 4 is 23.7 Å². The van der Waals surface area contributed by atoms with Gasteiger partial charge in [-0.1, -0.05) is 60.7 Å². The van der Waals surface area contributed by atoms with Gasteiger partial charge >= 0.3 is 0 Å². The lowest BCUT2D eigenvalue weighted by molar-refractivity contribution is -0.128. The third-order valence-corrected chi connectivity index (χ3v) is 6.60. The summed E-state index contributed by atoms with van der Waals surface area (Å²) in [5, 5.41) is 1.62. The van der Waals surface area contributed by atoms with Crippen LogP contribution in [0.2, 0.25) is 0 Å². The molecule has 0 radical (unpaired) electrons. The van der Waals surface area contributed by atoms with E-state index in [1.54, 1.807) is 19.0 Å². The topological polar surface area (TPSA) is 37.4 Å². The van der Waals surface area contributed by atoms with Gasteiger partial charge in [0.2, 0.25) is 5.91 Å². The molecule has 0 bridgehead atoms. The molecule has 2 rings (SSSR count).